The monoisotopic (exact) mass is 492 g/mol. The van der Waals surface area contributed by atoms with Crippen molar-refractivity contribution in [3.05, 3.63) is 53.1 Å². The van der Waals surface area contributed by atoms with Gasteiger partial charge < -0.3 is 9.80 Å². The van der Waals surface area contributed by atoms with Crippen molar-refractivity contribution in [3.63, 3.8) is 0 Å². The molecule has 6 nitrogen and oxygen atoms in total. The molecular formula is C23H26Cl2N4O2S. The third-order valence-electron chi connectivity index (χ3n) is 5.55. The Morgan fingerprint density at radius 3 is 2.59 bits per heavy atom. The van der Waals surface area contributed by atoms with Gasteiger partial charge in [-0.2, -0.15) is 0 Å². The maximum atomic E-state index is 13.6. The summed E-state index contributed by atoms with van der Waals surface area (Å²) < 4.78 is 0.993. The Morgan fingerprint density at radius 1 is 1.19 bits per heavy atom. The van der Waals surface area contributed by atoms with E-state index in [1.54, 1.807) is 9.80 Å². The predicted molar refractivity (Wildman–Crippen MR) is 134 cm³/mol. The quantitative estimate of drug-likeness (QED) is 0.503. The fourth-order valence-electron chi connectivity index (χ4n) is 3.76. The summed E-state index contributed by atoms with van der Waals surface area (Å²) in [4.78, 5) is 36.5. The second-order valence-corrected chi connectivity index (χ2v) is 9.47. The molecule has 2 heterocycles. The molecule has 4 rings (SSSR count). The molecule has 1 aliphatic rings. The summed E-state index contributed by atoms with van der Waals surface area (Å²) in [6, 6.07) is 13.3. The molecule has 1 unspecified atom stereocenters. The number of thiazole rings is 1. The Morgan fingerprint density at radius 2 is 1.91 bits per heavy atom. The maximum Gasteiger partial charge on any atom is 0.234 e. The van der Waals surface area contributed by atoms with Crippen molar-refractivity contribution in [1.29, 1.82) is 0 Å². The number of carbonyl (C=O) groups is 2. The fourth-order valence-corrected chi connectivity index (χ4v) is 4.96. The molecule has 170 valence electrons. The number of aryl methyl sites for hydroxylation is 1. The molecule has 1 saturated heterocycles. The van der Waals surface area contributed by atoms with Gasteiger partial charge in [-0.3, -0.25) is 14.5 Å². The van der Waals surface area contributed by atoms with E-state index in [0.717, 1.165) is 21.5 Å². The molecule has 1 fully saturated rings. The summed E-state index contributed by atoms with van der Waals surface area (Å²) in [6.45, 7) is 3.53. The lowest BCUT2D eigenvalue weighted by molar-refractivity contribution is -0.124. The molecule has 0 aliphatic carbocycles. The highest BCUT2D eigenvalue weighted by Crippen LogP contribution is 2.35. The van der Waals surface area contributed by atoms with Crippen LogP contribution in [0.4, 0.5) is 10.8 Å². The molecule has 1 aromatic heterocycles. The van der Waals surface area contributed by atoms with Crippen molar-refractivity contribution in [2.45, 2.75) is 13.3 Å². The van der Waals surface area contributed by atoms with Gasteiger partial charge in [0, 0.05) is 36.8 Å². The first-order valence-electron chi connectivity index (χ1n) is 10.2. The van der Waals surface area contributed by atoms with Crippen LogP contribution < -0.4 is 9.80 Å². The molecule has 2 aromatic carbocycles. The number of halogens is 2. The third kappa shape index (κ3) is 4.91. The van der Waals surface area contributed by atoms with Gasteiger partial charge in [0.25, 0.3) is 0 Å². The summed E-state index contributed by atoms with van der Waals surface area (Å²) in [6.07, 6.45) is 0.210. The normalized spacial score (nSPS) is 16.0. The molecule has 1 aliphatic heterocycles. The smallest absolute Gasteiger partial charge is 0.234 e. The van der Waals surface area contributed by atoms with E-state index in [9.17, 15) is 9.59 Å². The standard InChI is InChI=1S/C23H25ClN4O2S.ClH/c1-15-18(24)9-10-19-21(15)25-23(31-19)27(12-11-26(2)3)22(30)16-13-20(29)28(14-16)17-7-5-4-6-8-17;/h4-10,16H,11-14H2,1-3H3;1H. The molecule has 1 atom stereocenters. The van der Waals surface area contributed by atoms with E-state index in [2.05, 4.69) is 0 Å². The van der Waals surface area contributed by atoms with Crippen LogP contribution in [0.25, 0.3) is 10.2 Å². The summed E-state index contributed by atoms with van der Waals surface area (Å²) in [5.41, 5.74) is 2.56. The number of hydrogen-bond donors (Lipinski definition) is 0. The van der Waals surface area contributed by atoms with E-state index in [4.69, 9.17) is 16.6 Å². The van der Waals surface area contributed by atoms with Crippen molar-refractivity contribution < 1.29 is 9.59 Å². The average Bonchev–Trinajstić information content (AvgIpc) is 3.35. The van der Waals surface area contributed by atoms with Crippen molar-refractivity contribution in [3.8, 4) is 0 Å². The molecule has 0 bridgehead atoms. The highest BCUT2D eigenvalue weighted by atomic mass is 35.5. The summed E-state index contributed by atoms with van der Waals surface area (Å²) in [7, 11) is 3.95. The Bertz CT molecular complexity index is 1120. The topological polar surface area (TPSA) is 56.8 Å². The van der Waals surface area contributed by atoms with Gasteiger partial charge in [-0.25, -0.2) is 4.98 Å². The zero-order valence-electron chi connectivity index (χ0n) is 18.2. The highest BCUT2D eigenvalue weighted by molar-refractivity contribution is 7.22. The Balaban J connectivity index is 0.00000289. The van der Waals surface area contributed by atoms with E-state index in [0.29, 0.717) is 29.8 Å². The van der Waals surface area contributed by atoms with Gasteiger partial charge in [0.1, 0.15) is 0 Å². The van der Waals surface area contributed by atoms with E-state index in [-0.39, 0.29) is 30.6 Å². The number of fused-ring (bicyclic) bond motifs is 1. The number of rotatable bonds is 6. The number of carbonyl (C=O) groups excluding carboxylic acids is 2. The van der Waals surface area contributed by atoms with Crippen LogP contribution in [-0.2, 0) is 9.59 Å². The molecule has 0 radical (unpaired) electrons. The van der Waals surface area contributed by atoms with Gasteiger partial charge in [-0.15, -0.1) is 12.4 Å². The second kappa shape index (κ2) is 10.2. The van der Waals surface area contributed by atoms with Gasteiger partial charge >= 0.3 is 0 Å². The first-order chi connectivity index (χ1) is 14.8. The van der Waals surface area contributed by atoms with Crippen LogP contribution in [0, 0.1) is 12.8 Å². The number of likely N-dealkylation sites (N-methyl/N-ethyl adjacent to an activating group) is 1. The highest BCUT2D eigenvalue weighted by Gasteiger charge is 2.38. The van der Waals surface area contributed by atoms with Gasteiger partial charge in [0.05, 0.1) is 16.1 Å². The zero-order chi connectivity index (χ0) is 22.1. The molecule has 2 amide bonds. The molecule has 32 heavy (non-hydrogen) atoms. The average molecular weight is 493 g/mol. The minimum atomic E-state index is -0.397. The number of hydrogen-bond acceptors (Lipinski definition) is 5. The van der Waals surface area contributed by atoms with Gasteiger partial charge in [-0.05, 0) is 50.8 Å². The molecule has 0 N–H and O–H groups in total. The molecular weight excluding hydrogens is 467 g/mol. The summed E-state index contributed by atoms with van der Waals surface area (Å²) in [5.74, 6) is -0.480. The maximum absolute atomic E-state index is 13.6. The van der Waals surface area contributed by atoms with Crippen LogP contribution in [0.5, 0.6) is 0 Å². The van der Waals surface area contributed by atoms with Crippen LogP contribution >= 0.6 is 35.3 Å². The Kier molecular flexibility index (Phi) is 7.77. The van der Waals surface area contributed by atoms with E-state index < -0.39 is 5.92 Å². The lowest BCUT2D eigenvalue weighted by atomic mass is 10.1. The first-order valence-corrected chi connectivity index (χ1v) is 11.4. The van der Waals surface area contributed by atoms with Crippen LogP contribution in [0.1, 0.15) is 12.0 Å². The summed E-state index contributed by atoms with van der Waals surface area (Å²) in [5, 5.41) is 1.31. The Labute approximate surface area is 203 Å². The van der Waals surface area contributed by atoms with E-state index in [1.807, 2.05) is 68.4 Å². The second-order valence-electron chi connectivity index (χ2n) is 8.05. The van der Waals surface area contributed by atoms with Crippen LogP contribution in [0.3, 0.4) is 0 Å². The van der Waals surface area contributed by atoms with Crippen molar-refractivity contribution >= 4 is 68.2 Å². The van der Waals surface area contributed by atoms with Gasteiger partial charge in [-0.1, -0.05) is 41.1 Å². The lowest BCUT2D eigenvalue weighted by Crippen LogP contribution is -2.41. The minimum Gasteiger partial charge on any atom is -0.312 e. The number of benzene rings is 2. The number of anilines is 2. The van der Waals surface area contributed by atoms with Crippen molar-refractivity contribution in [2.75, 3.05) is 43.5 Å². The van der Waals surface area contributed by atoms with E-state index >= 15 is 0 Å². The van der Waals surface area contributed by atoms with Crippen LogP contribution in [0.2, 0.25) is 5.02 Å². The van der Waals surface area contributed by atoms with Crippen molar-refractivity contribution in [1.82, 2.24) is 9.88 Å². The minimum absolute atomic E-state index is 0. The number of amides is 2. The van der Waals surface area contributed by atoms with Gasteiger partial charge in [0.15, 0.2) is 5.13 Å². The number of nitrogens with zero attached hydrogens (tertiary/aromatic N) is 4. The Hall–Kier alpha value is -2.19. The third-order valence-corrected chi connectivity index (χ3v) is 7.00. The number of aromatic nitrogens is 1. The van der Waals surface area contributed by atoms with Gasteiger partial charge in [0.2, 0.25) is 11.8 Å². The van der Waals surface area contributed by atoms with Crippen LogP contribution in [-0.4, -0.2) is 55.4 Å². The molecule has 3 aromatic rings. The lowest BCUT2D eigenvalue weighted by Gasteiger charge is -2.24. The summed E-state index contributed by atoms with van der Waals surface area (Å²) >= 11 is 7.75. The SMILES string of the molecule is Cc1c(Cl)ccc2sc(N(CCN(C)C)C(=O)C3CC(=O)N(c4ccccc4)C3)nc12.Cl. The largest absolute Gasteiger partial charge is 0.312 e. The van der Waals surface area contributed by atoms with Crippen molar-refractivity contribution in [2.24, 2.45) is 5.92 Å². The molecule has 0 spiro atoms. The predicted octanol–water partition coefficient (Wildman–Crippen LogP) is 4.63. The molecule has 9 heteroatoms. The number of para-hydroxylation sites is 1. The van der Waals surface area contributed by atoms with Crippen LogP contribution in [0.15, 0.2) is 42.5 Å². The van der Waals surface area contributed by atoms with E-state index in [1.165, 1.54) is 11.3 Å². The first kappa shape index (κ1) is 24.5. The zero-order valence-corrected chi connectivity index (χ0v) is 20.6. The molecule has 0 saturated carbocycles. The fraction of sp³-hybridized carbons (Fsp3) is 0.348.